The first-order chi connectivity index (χ1) is 9.01. The molecule has 106 valence electrons. The van der Waals surface area contributed by atoms with E-state index in [0.29, 0.717) is 15.6 Å². The summed E-state index contributed by atoms with van der Waals surface area (Å²) in [5, 5.41) is 13.6. The highest BCUT2D eigenvalue weighted by molar-refractivity contribution is 6.36. The van der Waals surface area contributed by atoms with Crippen LogP contribution < -0.4 is 5.32 Å². The average molecular weight is 304 g/mol. The maximum absolute atomic E-state index is 11.8. The number of rotatable bonds is 6. The number of aliphatic hydroxyl groups excluding tert-OH is 1. The van der Waals surface area contributed by atoms with Crippen LogP contribution in [0.5, 0.6) is 0 Å². The van der Waals surface area contributed by atoms with Crippen molar-refractivity contribution in [1.82, 2.24) is 5.32 Å². The number of amides is 1. The van der Waals surface area contributed by atoms with Crippen LogP contribution in [0.15, 0.2) is 18.2 Å². The summed E-state index contributed by atoms with van der Waals surface area (Å²) in [5.41, 5.74) is 0.454. The van der Waals surface area contributed by atoms with Gasteiger partial charge in [-0.3, -0.25) is 4.79 Å². The van der Waals surface area contributed by atoms with Crippen molar-refractivity contribution in [2.75, 3.05) is 6.54 Å². The van der Waals surface area contributed by atoms with Gasteiger partial charge < -0.3 is 10.4 Å². The van der Waals surface area contributed by atoms with Crippen molar-refractivity contribution in [3.63, 3.8) is 0 Å². The Hall–Kier alpha value is -0.770. The quantitative estimate of drug-likeness (QED) is 0.844. The highest BCUT2D eigenvalue weighted by Gasteiger charge is 2.18. The second-order valence-corrected chi connectivity index (χ2v) is 5.22. The Kier molecular flexibility index (Phi) is 6.63. The molecule has 0 saturated heterocycles. The van der Waals surface area contributed by atoms with Gasteiger partial charge in [-0.25, -0.2) is 0 Å². The van der Waals surface area contributed by atoms with Gasteiger partial charge in [0.2, 0.25) is 5.91 Å². The van der Waals surface area contributed by atoms with E-state index in [-0.39, 0.29) is 18.4 Å². The molecule has 0 aliphatic rings. The Morgan fingerprint density at radius 2 is 1.79 bits per heavy atom. The molecule has 2 N–H and O–H groups in total. The topological polar surface area (TPSA) is 49.3 Å². The Morgan fingerprint density at radius 3 is 2.26 bits per heavy atom. The minimum Gasteiger partial charge on any atom is -0.386 e. The molecular formula is C14H19Cl2NO2. The van der Waals surface area contributed by atoms with Crippen LogP contribution >= 0.6 is 23.2 Å². The molecule has 0 radical (unpaired) electrons. The lowest BCUT2D eigenvalue weighted by Gasteiger charge is -2.17. The summed E-state index contributed by atoms with van der Waals surface area (Å²) in [6.07, 6.45) is 0.663. The Bertz CT molecular complexity index is 413. The number of hydrogen-bond donors (Lipinski definition) is 2. The third kappa shape index (κ3) is 4.37. The molecule has 1 rings (SSSR count). The third-order valence-electron chi connectivity index (χ3n) is 3.16. The first-order valence-corrected chi connectivity index (χ1v) is 7.16. The van der Waals surface area contributed by atoms with Crippen LogP contribution in [0.1, 0.15) is 38.4 Å². The Morgan fingerprint density at radius 1 is 1.26 bits per heavy atom. The van der Waals surface area contributed by atoms with Crippen LogP contribution in [0.4, 0.5) is 0 Å². The maximum Gasteiger partial charge on any atom is 0.223 e. The van der Waals surface area contributed by atoms with Gasteiger partial charge >= 0.3 is 0 Å². The fourth-order valence-corrected chi connectivity index (χ4v) is 2.58. The summed E-state index contributed by atoms with van der Waals surface area (Å²) in [6.45, 7) is 4.04. The summed E-state index contributed by atoms with van der Waals surface area (Å²) in [6, 6.07) is 5.03. The Labute approximate surface area is 123 Å². The van der Waals surface area contributed by atoms with Crippen LogP contribution in [0.3, 0.4) is 0 Å². The van der Waals surface area contributed by atoms with E-state index in [9.17, 15) is 9.90 Å². The minimum atomic E-state index is -0.903. The number of benzene rings is 1. The lowest BCUT2D eigenvalue weighted by atomic mass is 10.0. The van der Waals surface area contributed by atoms with Crippen LogP contribution in [0, 0.1) is 5.92 Å². The van der Waals surface area contributed by atoms with Gasteiger partial charge in [-0.05, 0) is 25.0 Å². The van der Waals surface area contributed by atoms with E-state index >= 15 is 0 Å². The van der Waals surface area contributed by atoms with Crippen LogP contribution in [0.25, 0.3) is 0 Å². The van der Waals surface area contributed by atoms with Crippen molar-refractivity contribution in [2.45, 2.75) is 32.8 Å². The molecule has 0 fully saturated rings. The second-order valence-electron chi connectivity index (χ2n) is 4.41. The van der Waals surface area contributed by atoms with Crippen molar-refractivity contribution in [1.29, 1.82) is 0 Å². The zero-order chi connectivity index (χ0) is 14.4. The number of halogens is 2. The summed E-state index contributed by atoms with van der Waals surface area (Å²) >= 11 is 12.0. The highest BCUT2D eigenvalue weighted by Crippen LogP contribution is 2.29. The number of aliphatic hydroxyl groups is 1. The van der Waals surface area contributed by atoms with Gasteiger partial charge in [0.05, 0.1) is 6.10 Å². The standard InChI is InChI=1S/C14H19Cl2NO2/c1-3-9(4-2)14(19)17-8-12(18)13-10(15)6-5-7-11(13)16/h5-7,9,12,18H,3-4,8H2,1-2H3,(H,17,19). The van der Waals surface area contributed by atoms with E-state index in [4.69, 9.17) is 23.2 Å². The van der Waals surface area contributed by atoms with Crippen molar-refractivity contribution in [3.05, 3.63) is 33.8 Å². The second kappa shape index (κ2) is 7.73. The molecule has 1 amide bonds. The molecule has 19 heavy (non-hydrogen) atoms. The van der Waals surface area contributed by atoms with E-state index in [1.54, 1.807) is 18.2 Å². The number of carbonyl (C=O) groups is 1. The molecule has 1 aromatic carbocycles. The van der Waals surface area contributed by atoms with E-state index < -0.39 is 6.10 Å². The molecule has 0 saturated carbocycles. The third-order valence-corrected chi connectivity index (χ3v) is 3.82. The van der Waals surface area contributed by atoms with Gasteiger partial charge in [-0.2, -0.15) is 0 Å². The van der Waals surface area contributed by atoms with Crippen LogP contribution in [-0.2, 0) is 4.79 Å². The van der Waals surface area contributed by atoms with E-state index in [2.05, 4.69) is 5.32 Å². The molecule has 0 heterocycles. The van der Waals surface area contributed by atoms with Crippen molar-refractivity contribution < 1.29 is 9.90 Å². The van der Waals surface area contributed by atoms with Crippen molar-refractivity contribution >= 4 is 29.1 Å². The zero-order valence-corrected chi connectivity index (χ0v) is 12.6. The highest BCUT2D eigenvalue weighted by atomic mass is 35.5. The predicted octanol–water partition coefficient (Wildman–Crippen LogP) is 3.58. The first kappa shape index (κ1) is 16.3. The summed E-state index contributed by atoms with van der Waals surface area (Å²) in [4.78, 5) is 11.8. The molecule has 0 aliphatic carbocycles. The molecular weight excluding hydrogens is 285 g/mol. The lowest BCUT2D eigenvalue weighted by Crippen LogP contribution is -2.33. The van der Waals surface area contributed by atoms with Crippen LogP contribution in [0.2, 0.25) is 10.0 Å². The van der Waals surface area contributed by atoms with E-state index in [0.717, 1.165) is 12.8 Å². The number of nitrogens with one attached hydrogen (secondary N) is 1. The van der Waals surface area contributed by atoms with Gasteiger partial charge in [-0.1, -0.05) is 43.1 Å². The maximum atomic E-state index is 11.8. The van der Waals surface area contributed by atoms with Crippen molar-refractivity contribution in [3.8, 4) is 0 Å². The van der Waals surface area contributed by atoms with Gasteiger partial charge in [0.15, 0.2) is 0 Å². The number of hydrogen-bond acceptors (Lipinski definition) is 2. The number of carbonyl (C=O) groups excluding carboxylic acids is 1. The van der Waals surface area contributed by atoms with Gasteiger partial charge in [0, 0.05) is 28.1 Å². The van der Waals surface area contributed by atoms with Gasteiger partial charge in [0.25, 0.3) is 0 Å². The normalized spacial score (nSPS) is 12.5. The van der Waals surface area contributed by atoms with E-state index in [1.165, 1.54) is 0 Å². The first-order valence-electron chi connectivity index (χ1n) is 6.40. The molecule has 0 spiro atoms. The van der Waals surface area contributed by atoms with E-state index in [1.807, 2.05) is 13.8 Å². The minimum absolute atomic E-state index is 0.0195. The van der Waals surface area contributed by atoms with Gasteiger partial charge in [0.1, 0.15) is 0 Å². The summed E-state index contributed by atoms with van der Waals surface area (Å²) in [7, 11) is 0. The fourth-order valence-electron chi connectivity index (χ4n) is 1.93. The monoisotopic (exact) mass is 303 g/mol. The molecule has 0 aliphatic heterocycles. The molecule has 1 unspecified atom stereocenters. The molecule has 0 aromatic heterocycles. The molecule has 0 bridgehead atoms. The zero-order valence-electron chi connectivity index (χ0n) is 11.1. The molecule has 1 aromatic rings. The van der Waals surface area contributed by atoms with Crippen molar-refractivity contribution in [2.24, 2.45) is 5.92 Å². The molecule has 3 nitrogen and oxygen atoms in total. The predicted molar refractivity (Wildman–Crippen MR) is 78.5 cm³/mol. The SMILES string of the molecule is CCC(CC)C(=O)NCC(O)c1c(Cl)cccc1Cl. The molecule has 1 atom stereocenters. The van der Waals surface area contributed by atoms with Gasteiger partial charge in [-0.15, -0.1) is 0 Å². The molecule has 5 heteroatoms. The fraction of sp³-hybridized carbons (Fsp3) is 0.500. The summed E-state index contributed by atoms with van der Waals surface area (Å²) < 4.78 is 0. The largest absolute Gasteiger partial charge is 0.386 e. The lowest BCUT2D eigenvalue weighted by molar-refractivity contribution is -0.125. The summed E-state index contributed by atoms with van der Waals surface area (Å²) in [5.74, 6) is -0.0684. The smallest absolute Gasteiger partial charge is 0.223 e. The average Bonchev–Trinajstić information content (AvgIpc) is 2.37. The van der Waals surface area contributed by atoms with Crippen LogP contribution in [-0.4, -0.2) is 17.6 Å². The Balaban J connectivity index is 2.66.